The highest BCUT2D eigenvalue weighted by Gasteiger charge is 2.13. The van der Waals surface area contributed by atoms with Crippen molar-refractivity contribution in [2.75, 3.05) is 6.61 Å². The van der Waals surface area contributed by atoms with Gasteiger partial charge in [0, 0.05) is 10.9 Å². The summed E-state index contributed by atoms with van der Waals surface area (Å²) in [6, 6.07) is 13.7. The highest BCUT2D eigenvalue weighted by Crippen LogP contribution is 2.22. The number of aryl methyl sites for hydroxylation is 1. The van der Waals surface area contributed by atoms with Gasteiger partial charge in [-0.3, -0.25) is 0 Å². The van der Waals surface area contributed by atoms with E-state index < -0.39 is 10.0 Å². The highest BCUT2D eigenvalue weighted by molar-refractivity contribution is 7.89. The number of sulfonamides is 1. The summed E-state index contributed by atoms with van der Waals surface area (Å²) in [5, 5.41) is 4.97. The van der Waals surface area contributed by atoms with Gasteiger partial charge in [0.15, 0.2) is 0 Å². The standard InChI is InChI=1S/C19H18ClN3O3S/c1-3-26-16-7-9-17(10-8-16)27(24,25)23-21-12-15-11-14-6-4-5-13(2)18(14)22-19(15)20/h4-12,23H,3H2,1-2H3/b21-12-. The molecule has 3 aromatic rings. The molecule has 0 atom stereocenters. The van der Waals surface area contributed by atoms with Crippen molar-refractivity contribution in [1.29, 1.82) is 0 Å². The normalized spacial score (nSPS) is 11.8. The number of pyridine rings is 1. The molecule has 0 spiro atoms. The minimum Gasteiger partial charge on any atom is -0.494 e. The summed E-state index contributed by atoms with van der Waals surface area (Å²) in [4.78, 5) is 6.62. The Bertz CT molecular complexity index is 1100. The summed E-state index contributed by atoms with van der Waals surface area (Å²) in [5.74, 6) is 0.601. The fraction of sp³-hybridized carbons (Fsp3) is 0.158. The Kier molecular flexibility index (Phi) is 5.62. The molecule has 1 aromatic heterocycles. The van der Waals surface area contributed by atoms with Gasteiger partial charge >= 0.3 is 0 Å². The lowest BCUT2D eigenvalue weighted by Gasteiger charge is -2.06. The third kappa shape index (κ3) is 4.37. The van der Waals surface area contributed by atoms with Crippen LogP contribution in [0.5, 0.6) is 5.75 Å². The predicted molar refractivity (Wildman–Crippen MR) is 107 cm³/mol. The molecule has 1 heterocycles. The largest absolute Gasteiger partial charge is 0.494 e. The number of nitrogens with one attached hydrogen (secondary N) is 1. The molecule has 0 radical (unpaired) electrons. The molecule has 3 rings (SSSR count). The van der Waals surface area contributed by atoms with E-state index in [9.17, 15) is 8.42 Å². The maximum absolute atomic E-state index is 12.3. The Morgan fingerprint density at radius 1 is 1.22 bits per heavy atom. The van der Waals surface area contributed by atoms with Gasteiger partial charge in [-0.2, -0.15) is 13.5 Å². The van der Waals surface area contributed by atoms with Crippen LogP contribution >= 0.6 is 11.6 Å². The van der Waals surface area contributed by atoms with Gasteiger partial charge in [-0.05, 0) is 49.7 Å². The molecule has 140 valence electrons. The first kappa shape index (κ1) is 19.1. The van der Waals surface area contributed by atoms with Crippen LogP contribution in [0, 0.1) is 6.92 Å². The highest BCUT2D eigenvalue weighted by atomic mass is 35.5. The fourth-order valence-electron chi connectivity index (χ4n) is 2.53. The van der Waals surface area contributed by atoms with Crippen LogP contribution in [-0.4, -0.2) is 26.2 Å². The van der Waals surface area contributed by atoms with E-state index in [1.807, 2.05) is 38.1 Å². The van der Waals surface area contributed by atoms with Crippen molar-refractivity contribution >= 4 is 38.7 Å². The molecule has 6 nitrogen and oxygen atoms in total. The maximum Gasteiger partial charge on any atom is 0.276 e. The number of aromatic nitrogens is 1. The minimum atomic E-state index is -3.79. The minimum absolute atomic E-state index is 0.0847. The molecule has 8 heteroatoms. The van der Waals surface area contributed by atoms with Gasteiger partial charge in [0.1, 0.15) is 10.9 Å². The van der Waals surface area contributed by atoms with E-state index in [0.29, 0.717) is 17.9 Å². The van der Waals surface area contributed by atoms with Crippen molar-refractivity contribution in [3.05, 3.63) is 64.8 Å². The molecule has 0 bridgehead atoms. The predicted octanol–water partition coefficient (Wildman–Crippen LogP) is 3.91. The van der Waals surface area contributed by atoms with Gasteiger partial charge in [0.25, 0.3) is 10.0 Å². The van der Waals surface area contributed by atoms with Gasteiger partial charge < -0.3 is 4.74 Å². The summed E-state index contributed by atoms with van der Waals surface area (Å²) in [6.45, 7) is 4.31. The Labute approximate surface area is 162 Å². The van der Waals surface area contributed by atoms with Gasteiger partial charge in [-0.15, -0.1) is 0 Å². The zero-order valence-corrected chi connectivity index (χ0v) is 16.4. The Hall–Kier alpha value is -2.64. The van der Waals surface area contributed by atoms with E-state index in [1.54, 1.807) is 12.1 Å². The number of hydrogen-bond donors (Lipinski definition) is 1. The second-order valence-corrected chi connectivity index (χ2v) is 7.79. The molecule has 2 aromatic carbocycles. The molecule has 1 N–H and O–H groups in total. The lowest BCUT2D eigenvalue weighted by Crippen LogP contribution is -2.18. The smallest absolute Gasteiger partial charge is 0.276 e. The number of hydrazone groups is 1. The number of rotatable bonds is 6. The number of nitrogens with zero attached hydrogens (tertiary/aromatic N) is 2. The third-order valence-electron chi connectivity index (χ3n) is 3.85. The molecule has 0 aliphatic rings. The van der Waals surface area contributed by atoms with Gasteiger partial charge in [0.05, 0.1) is 23.2 Å². The van der Waals surface area contributed by atoms with Crippen LogP contribution in [0.1, 0.15) is 18.1 Å². The van der Waals surface area contributed by atoms with Crippen LogP contribution in [0.25, 0.3) is 10.9 Å². The van der Waals surface area contributed by atoms with Crippen molar-refractivity contribution in [1.82, 2.24) is 9.82 Å². The fourth-order valence-corrected chi connectivity index (χ4v) is 3.51. The molecule has 0 saturated carbocycles. The third-order valence-corrected chi connectivity index (χ3v) is 5.39. The van der Waals surface area contributed by atoms with E-state index in [0.717, 1.165) is 16.5 Å². The van der Waals surface area contributed by atoms with Gasteiger partial charge in [-0.1, -0.05) is 29.8 Å². The summed E-state index contributed by atoms with van der Waals surface area (Å²) >= 11 is 6.20. The number of ether oxygens (including phenoxy) is 1. The average Bonchev–Trinajstić information content (AvgIpc) is 2.64. The van der Waals surface area contributed by atoms with E-state index in [2.05, 4.69) is 14.9 Å². The Morgan fingerprint density at radius 3 is 2.67 bits per heavy atom. The van der Waals surface area contributed by atoms with Gasteiger partial charge in [-0.25, -0.2) is 9.82 Å². The zero-order chi connectivity index (χ0) is 19.4. The van der Waals surface area contributed by atoms with E-state index in [4.69, 9.17) is 16.3 Å². The first-order valence-corrected chi connectivity index (χ1v) is 10.1. The number of hydrogen-bond acceptors (Lipinski definition) is 5. The van der Waals surface area contributed by atoms with Gasteiger partial charge in [0.2, 0.25) is 0 Å². The first-order valence-electron chi connectivity index (χ1n) is 8.24. The van der Waals surface area contributed by atoms with E-state index in [-0.39, 0.29) is 10.0 Å². The zero-order valence-electron chi connectivity index (χ0n) is 14.8. The molecule has 0 aliphatic carbocycles. The number of benzene rings is 2. The topological polar surface area (TPSA) is 80.7 Å². The second-order valence-electron chi connectivity index (χ2n) is 5.77. The lowest BCUT2D eigenvalue weighted by atomic mass is 10.1. The summed E-state index contributed by atoms with van der Waals surface area (Å²) in [5.41, 5.74) is 2.33. The monoisotopic (exact) mass is 403 g/mol. The van der Waals surface area contributed by atoms with Crippen LogP contribution < -0.4 is 9.57 Å². The Morgan fingerprint density at radius 2 is 1.96 bits per heavy atom. The molecular weight excluding hydrogens is 386 g/mol. The maximum atomic E-state index is 12.3. The van der Waals surface area contributed by atoms with Crippen molar-refractivity contribution in [3.63, 3.8) is 0 Å². The second kappa shape index (κ2) is 7.94. The van der Waals surface area contributed by atoms with Crippen LogP contribution in [0.4, 0.5) is 0 Å². The van der Waals surface area contributed by atoms with Crippen LogP contribution in [0.2, 0.25) is 5.15 Å². The molecule has 0 saturated heterocycles. The molecular formula is C19H18ClN3O3S. The summed E-state index contributed by atoms with van der Waals surface area (Å²) in [6.07, 6.45) is 1.34. The SMILES string of the molecule is CCOc1ccc(S(=O)(=O)N/N=C\c2cc3cccc(C)c3nc2Cl)cc1. The molecule has 0 amide bonds. The lowest BCUT2D eigenvalue weighted by molar-refractivity contribution is 0.340. The van der Waals surface area contributed by atoms with Crippen LogP contribution in [-0.2, 0) is 10.0 Å². The number of halogens is 1. The van der Waals surface area contributed by atoms with E-state index >= 15 is 0 Å². The Balaban J connectivity index is 1.80. The molecule has 0 unspecified atom stereocenters. The molecule has 27 heavy (non-hydrogen) atoms. The van der Waals surface area contributed by atoms with Crippen molar-refractivity contribution in [2.24, 2.45) is 5.10 Å². The quantitative estimate of drug-likeness (QED) is 0.384. The summed E-state index contributed by atoms with van der Waals surface area (Å²) in [7, 11) is -3.79. The average molecular weight is 404 g/mol. The van der Waals surface area contributed by atoms with E-state index in [1.165, 1.54) is 18.3 Å². The van der Waals surface area contributed by atoms with Crippen molar-refractivity contribution in [3.8, 4) is 5.75 Å². The first-order chi connectivity index (χ1) is 12.9. The van der Waals surface area contributed by atoms with Crippen LogP contribution in [0.15, 0.2) is 58.5 Å². The number of para-hydroxylation sites is 1. The van der Waals surface area contributed by atoms with Crippen LogP contribution in [0.3, 0.4) is 0 Å². The van der Waals surface area contributed by atoms with Crippen molar-refractivity contribution in [2.45, 2.75) is 18.7 Å². The van der Waals surface area contributed by atoms with Crippen molar-refractivity contribution < 1.29 is 13.2 Å². The molecule has 0 fully saturated rings. The number of fused-ring (bicyclic) bond motifs is 1. The summed E-state index contributed by atoms with van der Waals surface area (Å²) < 4.78 is 29.9. The molecule has 0 aliphatic heterocycles.